The standard InChI is InChI=1S/C13H20ClNO/c1-3-4-12(16)9-15-8-11-6-5-10(2)7-13(11)14/h5-7,12,15-16H,3-4,8-9H2,1-2H3. The molecule has 0 amide bonds. The van der Waals surface area contributed by atoms with E-state index in [0.717, 1.165) is 23.4 Å². The van der Waals surface area contributed by atoms with Gasteiger partial charge in [0.1, 0.15) is 0 Å². The van der Waals surface area contributed by atoms with Crippen LogP contribution in [0.25, 0.3) is 0 Å². The lowest BCUT2D eigenvalue weighted by atomic mass is 10.1. The maximum atomic E-state index is 9.55. The Balaban J connectivity index is 2.37. The van der Waals surface area contributed by atoms with Gasteiger partial charge in [0, 0.05) is 18.1 Å². The molecule has 0 fully saturated rings. The molecule has 0 aliphatic rings. The highest BCUT2D eigenvalue weighted by Gasteiger charge is 2.03. The molecule has 1 aromatic carbocycles. The summed E-state index contributed by atoms with van der Waals surface area (Å²) in [6.07, 6.45) is 1.59. The van der Waals surface area contributed by atoms with Crippen molar-refractivity contribution in [2.24, 2.45) is 0 Å². The highest BCUT2D eigenvalue weighted by atomic mass is 35.5. The van der Waals surface area contributed by atoms with E-state index in [1.54, 1.807) is 0 Å². The summed E-state index contributed by atoms with van der Waals surface area (Å²) < 4.78 is 0. The van der Waals surface area contributed by atoms with Crippen molar-refractivity contribution in [3.05, 3.63) is 34.3 Å². The first-order valence-electron chi connectivity index (χ1n) is 5.77. The molecule has 1 atom stereocenters. The van der Waals surface area contributed by atoms with Crippen LogP contribution in [0.2, 0.25) is 5.02 Å². The third-order valence-corrected chi connectivity index (χ3v) is 2.88. The first-order chi connectivity index (χ1) is 7.63. The van der Waals surface area contributed by atoms with Crippen LogP contribution in [0.1, 0.15) is 30.9 Å². The number of hydrogen-bond donors (Lipinski definition) is 2. The van der Waals surface area contributed by atoms with E-state index < -0.39 is 0 Å². The lowest BCUT2D eigenvalue weighted by Crippen LogP contribution is -2.26. The molecule has 0 saturated carbocycles. The lowest BCUT2D eigenvalue weighted by Gasteiger charge is -2.11. The minimum Gasteiger partial charge on any atom is -0.392 e. The summed E-state index contributed by atoms with van der Waals surface area (Å²) in [5, 5.41) is 13.5. The van der Waals surface area contributed by atoms with Crippen molar-refractivity contribution in [3.8, 4) is 0 Å². The molecule has 0 aromatic heterocycles. The molecule has 16 heavy (non-hydrogen) atoms. The largest absolute Gasteiger partial charge is 0.392 e. The molecule has 0 spiro atoms. The van der Waals surface area contributed by atoms with E-state index in [9.17, 15) is 5.11 Å². The first-order valence-corrected chi connectivity index (χ1v) is 6.15. The number of benzene rings is 1. The van der Waals surface area contributed by atoms with Crippen molar-refractivity contribution in [3.63, 3.8) is 0 Å². The van der Waals surface area contributed by atoms with Gasteiger partial charge in [0.2, 0.25) is 0 Å². The average Bonchev–Trinajstić information content (AvgIpc) is 2.22. The first kappa shape index (κ1) is 13.5. The van der Waals surface area contributed by atoms with Gasteiger partial charge in [-0.2, -0.15) is 0 Å². The molecule has 2 N–H and O–H groups in total. The van der Waals surface area contributed by atoms with Gasteiger partial charge in [-0.05, 0) is 30.5 Å². The number of nitrogens with one attached hydrogen (secondary N) is 1. The van der Waals surface area contributed by atoms with Crippen molar-refractivity contribution in [1.82, 2.24) is 5.32 Å². The number of rotatable bonds is 6. The van der Waals surface area contributed by atoms with E-state index in [1.807, 2.05) is 25.1 Å². The fraction of sp³-hybridized carbons (Fsp3) is 0.538. The molecule has 0 radical (unpaired) electrons. The molecule has 0 heterocycles. The van der Waals surface area contributed by atoms with Crippen molar-refractivity contribution in [2.45, 2.75) is 39.3 Å². The monoisotopic (exact) mass is 241 g/mol. The van der Waals surface area contributed by atoms with Gasteiger partial charge in [-0.25, -0.2) is 0 Å². The Morgan fingerprint density at radius 3 is 2.81 bits per heavy atom. The van der Waals surface area contributed by atoms with E-state index in [-0.39, 0.29) is 6.10 Å². The second-order valence-corrected chi connectivity index (χ2v) is 4.58. The minimum atomic E-state index is -0.255. The molecule has 1 unspecified atom stereocenters. The summed E-state index contributed by atoms with van der Waals surface area (Å²) >= 11 is 6.10. The molecule has 3 heteroatoms. The zero-order valence-corrected chi connectivity index (χ0v) is 10.7. The minimum absolute atomic E-state index is 0.255. The Hall–Kier alpha value is -0.570. The topological polar surface area (TPSA) is 32.3 Å². The van der Waals surface area contributed by atoms with E-state index in [2.05, 4.69) is 12.2 Å². The average molecular weight is 242 g/mol. The number of aryl methyl sites for hydroxylation is 1. The van der Waals surface area contributed by atoms with Crippen molar-refractivity contribution < 1.29 is 5.11 Å². The summed E-state index contributed by atoms with van der Waals surface area (Å²) in [6.45, 7) is 5.42. The third kappa shape index (κ3) is 4.52. The zero-order valence-electron chi connectivity index (χ0n) is 9.96. The van der Waals surface area contributed by atoms with Gasteiger partial charge in [0.05, 0.1) is 6.10 Å². The highest BCUT2D eigenvalue weighted by molar-refractivity contribution is 6.31. The van der Waals surface area contributed by atoms with Crippen LogP contribution >= 0.6 is 11.6 Å². The second-order valence-electron chi connectivity index (χ2n) is 4.17. The molecule has 0 aliphatic heterocycles. The van der Waals surface area contributed by atoms with Gasteiger partial charge in [-0.15, -0.1) is 0 Å². The number of hydrogen-bond acceptors (Lipinski definition) is 2. The summed E-state index contributed by atoms with van der Waals surface area (Å²) in [5.41, 5.74) is 2.25. The van der Waals surface area contributed by atoms with Crippen LogP contribution in [0, 0.1) is 6.92 Å². The fourth-order valence-corrected chi connectivity index (χ4v) is 1.91. The van der Waals surface area contributed by atoms with E-state index in [4.69, 9.17) is 11.6 Å². The Labute approximate surface area is 103 Å². The predicted octanol–water partition coefficient (Wildman–Crippen LogP) is 2.90. The van der Waals surface area contributed by atoms with Gasteiger partial charge in [0.25, 0.3) is 0 Å². The zero-order chi connectivity index (χ0) is 12.0. The molecule has 0 saturated heterocycles. The summed E-state index contributed by atoms with van der Waals surface area (Å²) in [5.74, 6) is 0. The fourth-order valence-electron chi connectivity index (χ4n) is 1.60. The highest BCUT2D eigenvalue weighted by Crippen LogP contribution is 2.17. The summed E-state index contributed by atoms with van der Waals surface area (Å²) in [6, 6.07) is 6.03. The maximum Gasteiger partial charge on any atom is 0.0664 e. The summed E-state index contributed by atoms with van der Waals surface area (Å²) in [4.78, 5) is 0. The van der Waals surface area contributed by atoms with Crippen molar-refractivity contribution in [1.29, 1.82) is 0 Å². The molecular formula is C13H20ClNO. The summed E-state index contributed by atoms with van der Waals surface area (Å²) in [7, 11) is 0. The van der Waals surface area contributed by atoms with Crippen LogP contribution in [0.5, 0.6) is 0 Å². The maximum absolute atomic E-state index is 9.55. The molecular weight excluding hydrogens is 222 g/mol. The molecule has 0 aliphatic carbocycles. The van der Waals surface area contributed by atoms with Crippen LogP contribution in [-0.4, -0.2) is 17.8 Å². The Bertz CT molecular complexity index is 328. The molecule has 1 rings (SSSR count). The predicted molar refractivity (Wildman–Crippen MR) is 68.8 cm³/mol. The van der Waals surface area contributed by atoms with Crippen LogP contribution in [0.4, 0.5) is 0 Å². The second kappa shape index (κ2) is 6.89. The van der Waals surface area contributed by atoms with Crippen molar-refractivity contribution >= 4 is 11.6 Å². The third-order valence-electron chi connectivity index (χ3n) is 2.53. The van der Waals surface area contributed by atoms with E-state index in [0.29, 0.717) is 13.1 Å². The number of halogens is 1. The van der Waals surface area contributed by atoms with Gasteiger partial charge in [-0.3, -0.25) is 0 Å². The van der Waals surface area contributed by atoms with E-state index >= 15 is 0 Å². The van der Waals surface area contributed by atoms with Crippen LogP contribution in [0.15, 0.2) is 18.2 Å². The van der Waals surface area contributed by atoms with Gasteiger partial charge in [0.15, 0.2) is 0 Å². The number of aliphatic hydroxyl groups excluding tert-OH is 1. The molecule has 0 bridgehead atoms. The van der Waals surface area contributed by atoms with Crippen molar-refractivity contribution in [2.75, 3.05) is 6.54 Å². The van der Waals surface area contributed by atoms with Gasteiger partial charge < -0.3 is 10.4 Å². The van der Waals surface area contributed by atoms with Crippen LogP contribution in [0.3, 0.4) is 0 Å². The molecule has 2 nitrogen and oxygen atoms in total. The Morgan fingerprint density at radius 1 is 1.44 bits per heavy atom. The smallest absolute Gasteiger partial charge is 0.0664 e. The van der Waals surface area contributed by atoms with Crippen LogP contribution < -0.4 is 5.32 Å². The lowest BCUT2D eigenvalue weighted by molar-refractivity contribution is 0.160. The Kier molecular flexibility index (Phi) is 5.81. The van der Waals surface area contributed by atoms with Gasteiger partial charge >= 0.3 is 0 Å². The number of aliphatic hydroxyl groups is 1. The normalized spacial score (nSPS) is 12.8. The Morgan fingerprint density at radius 2 is 2.19 bits per heavy atom. The molecule has 1 aromatic rings. The van der Waals surface area contributed by atoms with E-state index in [1.165, 1.54) is 5.56 Å². The van der Waals surface area contributed by atoms with Gasteiger partial charge in [-0.1, -0.05) is 37.1 Å². The van der Waals surface area contributed by atoms with Crippen LogP contribution in [-0.2, 0) is 6.54 Å². The quantitative estimate of drug-likeness (QED) is 0.803. The SMILES string of the molecule is CCCC(O)CNCc1ccc(C)cc1Cl. The molecule has 90 valence electrons.